The van der Waals surface area contributed by atoms with Crippen molar-refractivity contribution in [1.29, 1.82) is 0 Å². The molecule has 24 heavy (non-hydrogen) atoms. The predicted molar refractivity (Wildman–Crippen MR) is 92.4 cm³/mol. The molecule has 9 heteroatoms. The highest BCUT2D eigenvalue weighted by Gasteiger charge is 2.12. The van der Waals surface area contributed by atoms with Crippen LogP contribution in [0.1, 0.15) is 0 Å². The number of nitrogens with one attached hydrogen (secondary N) is 1. The maximum atomic E-state index is 11.5. The van der Waals surface area contributed by atoms with Crippen molar-refractivity contribution in [1.82, 2.24) is 0 Å². The van der Waals surface area contributed by atoms with Crippen LogP contribution in [0.15, 0.2) is 41.3 Å². The summed E-state index contributed by atoms with van der Waals surface area (Å²) in [6.07, 6.45) is 1.08. The third kappa shape index (κ3) is 4.77. The lowest BCUT2D eigenvalue weighted by Crippen LogP contribution is -2.10. The van der Waals surface area contributed by atoms with Gasteiger partial charge in [0.1, 0.15) is 5.75 Å². The molecule has 0 fully saturated rings. The topological polar surface area (TPSA) is 92.7 Å². The van der Waals surface area contributed by atoms with Gasteiger partial charge in [0.15, 0.2) is 16.4 Å². The standard InChI is InChI=1S/C15H13Cl2NO5S/c1-24(21,22)10-3-4-12(11(17)7-10)18-13-6-9(16)2-5-14(13)23-8-15(19)20/h2-7,18H,8H2,1H3,(H,19,20). The van der Waals surface area contributed by atoms with E-state index < -0.39 is 22.4 Å². The zero-order chi connectivity index (χ0) is 17.9. The number of hydrogen-bond donors (Lipinski definition) is 2. The monoisotopic (exact) mass is 389 g/mol. The zero-order valence-electron chi connectivity index (χ0n) is 12.4. The molecule has 2 aromatic carbocycles. The van der Waals surface area contributed by atoms with Gasteiger partial charge in [-0.15, -0.1) is 0 Å². The number of benzene rings is 2. The molecule has 0 heterocycles. The summed E-state index contributed by atoms with van der Waals surface area (Å²) in [6, 6.07) is 8.85. The molecular formula is C15H13Cl2NO5S. The van der Waals surface area contributed by atoms with Crippen LogP contribution < -0.4 is 10.1 Å². The van der Waals surface area contributed by atoms with Gasteiger partial charge < -0.3 is 15.2 Å². The smallest absolute Gasteiger partial charge is 0.341 e. The third-order valence-corrected chi connectivity index (χ3v) is 4.59. The summed E-state index contributed by atoms with van der Waals surface area (Å²) in [5.74, 6) is -0.850. The Morgan fingerprint density at radius 2 is 1.88 bits per heavy atom. The molecule has 0 aromatic heterocycles. The van der Waals surface area contributed by atoms with Gasteiger partial charge in [-0.3, -0.25) is 0 Å². The highest BCUT2D eigenvalue weighted by atomic mass is 35.5. The van der Waals surface area contributed by atoms with E-state index in [-0.39, 0.29) is 15.7 Å². The number of hydrogen-bond acceptors (Lipinski definition) is 5. The molecule has 0 aliphatic rings. The Bertz CT molecular complexity index is 883. The molecule has 6 nitrogen and oxygen atoms in total. The van der Waals surface area contributed by atoms with E-state index in [9.17, 15) is 13.2 Å². The van der Waals surface area contributed by atoms with Crippen LogP contribution in [0.2, 0.25) is 10.0 Å². The summed E-state index contributed by atoms with van der Waals surface area (Å²) in [6.45, 7) is -0.517. The third-order valence-electron chi connectivity index (χ3n) is 2.93. The molecule has 0 bridgehead atoms. The van der Waals surface area contributed by atoms with E-state index in [4.69, 9.17) is 33.0 Å². The van der Waals surface area contributed by atoms with Crippen molar-refractivity contribution in [2.45, 2.75) is 4.90 Å². The normalized spacial score (nSPS) is 11.1. The highest BCUT2D eigenvalue weighted by molar-refractivity contribution is 7.90. The molecule has 0 saturated carbocycles. The summed E-state index contributed by atoms with van der Waals surface area (Å²) in [5, 5.41) is 12.3. The molecular weight excluding hydrogens is 377 g/mol. The SMILES string of the molecule is CS(=O)(=O)c1ccc(Nc2cc(Cl)ccc2OCC(=O)O)c(Cl)c1. The lowest BCUT2D eigenvalue weighted by atomic mass is 10.2. The Morgan fingerprint density at radius 1 is 1.17 bits per heavy atom. The Balaban J connectivity index is 2.33. The lowest BCUT2D eigenvalue weighted by Gasteiger charge is -2.14. The van der Waals surface area contributed by atoms with E-state index in [1.54, 1.807) is 12.1 Å². The average Bonchev–Trinajstić information content (AvgIpc) is 2.47. The number of halogens is 2. The fourth-order valence-electron chi connectivity index (χ4n) is 1.84. The van der Waals surface area contributed by atoms with Crippen LogP contribution in [0, 0.1) is 0 Å². The van der Waals surface area contributed by atoms with Crippen LogP contribution in [0.4, 0.5) is 11.4 Å². The quantitative estimate of drug-likeness (QED) is 0.783. The molecule has 128 valence electrons. The molecule has 2 aromatic rings. The van der Waals surface area contributed by atoms with E-state index in [0.717, 1.165) is 6.26 Å². The number of carboxylic acids is 1. The van der Waals surface area contributed by atoms with Crippen molar-refractivity contribution >= 4 is 50.4 Å². The van der Waals surface area contributed by atoms with Crippen LogP contribution >= 0.6 is 23.2 Å². The second-order valence-corrected chi connectivity index (χ2v) is 7.72. The van der Waals surface area contributed by atoms with Gasteiger partial charge in [0.05, 0.1) is 21.3 Å². The van der Waals surface area contributed by atoms with Crippen LogP contribution in [-0.2, 0) is 14.6 Å². The van der Waals surface area contributed by atoms with Crippen molar-refractivity contribution < 1.29 is 23.1 Å². The van der Waals surface area contributed by atoms with Crippen LogP contribution in [0.3, 0.4) is 0 Å². The number of carbonyl (C=O) groups is 1. The number of ether oxygens (including phenoxy) is 1. The minimum atomic E-state index is -3.37. The van der Waals surface area contributed by atoms with Crippen molar-refractivity contribution in [3.63, 3.8) is 0 Å². The highest BCUT2D eigenvalue weighted by Crippen LogP contribution is 2.34. The zero-order valence-corrected chi connectivity index (χ0v) is 14.7. The number of sulfone groups is 1. The summed E-state index contributed by atoms with van der Waals surface area (Å²) < 4.78 is 28.2. The van der Waals surface area contributed by atoms with Crippen molar-refractivity contribution in [2.75, 3.05) is 18.2 Å². The molecule has 0 unspecified atom stereocenters. The second-order valence-electron chi connectivity index (χ2n) is 4.86. The molecule has 0 aliphatic carbocycles. The first kappa shape index (κ1) is 18.4. The summed E-state index contributed by atoms with van der Waals surface area (Å²) in [5.41, 5.74) is 0.823. The van der Waals surface area contributed by atoms with Gasteiger partial charge >= 0.3 is 5.97 Å². The Kier molecular flexibility index (Phi) is 5.58. The maximum absolute atomic E-state index is 11.5. The largest absolute Gasteiger partial charge is 0.480 e. The second kappa shape index (κ2) is 7.29. The molecule has 0 saturated heterocycles. The van der Waals surface area contributed by atoms with E-state index >= 15 is 0 Å². The van der Waals surface area contributed by atoms with Crippen LogP contribution in [0.25, 0.3) is 0 Å². The summed E-state index contributed by atoms with van der Waals surface area (Å²) in [7, 11) is -3.37. The summed E-state index contributed by atoms with van der Waals surface area (Å²) in [4.78, 5) is 10.7. The number of aliphatic carboxylic acids is 1. The Morgan fingerprint density at radius 3 is 2.46 bits per heavy atom. The van der Waals surface area contributed by atoms with Crippen molar-refractivity contribution in [3.05, 3.63) is 46.4 Å². The molecule has 0 radical (unpaired) electrons. The molecule has 0 atom stereocenters. The fraction of sp³-hybridized carbons (Fsp3) is 0.133. The van der Waals surface area contributed by atoms with E-state index in [0.29, 0.717) is 16.4 Å². The first-order valence-electron chi connectivity index (χ1n) is 6.57. The number of carboxylic acid groups (broad SMARTS) is 1. The van der Waals surface area contributed by atoms with Gasteiger partial charge in [0, 0.05) is 11.3 Å². The van der Waals surface area contributed by atoms with E-state index in [2.05, 4.69) is 5.32 Å². The summed E-state index contributed by atoms with van der Waals surface area (Å²) >= 11 is 12.1. The molecule has 0 aliphatic heterocycles. The van der Waals surface area contributed by atoms with Gasteiger partial charge in [-0.05, 0) is 36.4 Å². The maximum Gasteiger partial charge on any atom is 0.341 e. The average molecular weight is 390 g/mol. The molecule has 0 spiro atoms. The van der Waals surface area contributed by atoms with Crippen molar-refractivity contribution in [2.24, 2.45) is 0 Å². The van der Waals surface area contributed by atoms with Gasteiger partial charge in [-0.25, -0.2) is 13.2 Å². The Hall–Kier alpha value is -1.96. The van der Waals surface area contributed by atoms with Gasteiger partial charge in [0.25, 0.3) is 0 Å². The predicted octanol–water partition coefficient (Wildman–Crippen LogP) is 3.60. The number of anilines is 2. The van der Waals surface area contributed by atoms with E-state index in [1.807, 2.05) is 0 Å². The van der Waals surface area contributed by atoms with Gasteiger partial charge in [-0.1, -0.05) is 23.2 Å². The minimum Gasteiger partial charge on any atom is -0.480 e. The molecule has 2 rings (SSSR count). The van der Waals surface area contributed by atoms with E-state index in [1.165, 1.54) is 24.3 Å². The minimum absolute atomic E-state index is 0.0893. The lowest BCUT2D eigenvalue weighted by molar-refractivity contribution is -0.139. The number of rotatable bonds is 6. The van der Waals surface area contributed by atoms with Crippen molar-refractivity contribution in [3.8, 4) is 5.75 Å². The van der Waals surface area contributed by atoms with Gasteiger partial charge in [0.2, 0.25) is 0 Å². The molecule has 2 N–H and O–H groups in total. The molecule has 0 amide bonds. The first-order chi connectivity index (χ1) is 11.2. The first-order valence-corrected chi connectivity index (χ1v) is 9.22. The van der Waals surface area contributed by atoms with Crippen LogP contribution in [-0.4, -0.2) is 32.4 Å². The van der Waals surface area contributed by atoms with Gasteiger partial charge in [-0.2, -0.15) is 0 Å². The Labute approximate surface area is 148 Å². The van der Waals surface area contributed by atoms with Crippen LogP contribution in [0.5, 0.6) is 5.75 Å². The fourth-order valence-corrected chi connectivity index (χ4v) is 2.95.